The monoisotopic (exact) mass is 1440 g/mol. The molecule has 0 unspecified atom stereocenters. The minimum atomic E-state index is -1.27. The SMILES string of the molecule is CC[NH+](CC)CC.COc1ccc(C(OCc2cccc(-c3ccc(CCc4cccc(COC(=O)CCC(=O)[O-])c4)cc3)c2)(c2ccccc2)c2ccc(OC)cc2)cc1.COc1ccc(C(OCc2cccc(-c3ccc(OCc4cccc(CO)c4)cc3)c2)(c2ccccc2)c2ccc(OC)cc2)cc1. The number of quaternary nitrogens is 1. The Morgan fingerprint density at radius 3 is 1.06 bits per heavy atom. The molecule has 0 atom stereocenters. The first-order valence-corrected chi connectivity index (χ1v) is 36.7. The van der Waals surface area contributed by atoms with Gasteiger partial charge in [0, 0.05) is 5.97 Å². The van der Waals surface area contributed by atoms with Gasteiger partial charge < -0.3 is 57.8 Å². The maximum absolute atomic E-state index is 11.8. The van der Waals surface area contributed by atoms with Gasteiger partial charge in [0.15, 0.2) is 0 Å². The number of esters is 1. The van der Waals surface area contributed by atoms with Crippen molar-refractivity contribution in [3.05, 3.63) is 376 Å². The third kappa shape index (κ3) is 21.4. The zero-order chi connectivity index (χ0) is 75.9. The van der Waals surface area contributed by atoms with Gasteiger partial charge in [-0.2, -0.15) is 0 Å². The number of carbonyl (C=O) groups is 2. The molecule has 0 heterocycles. The topological polar surface area (TPSA) is 156 Å². The summed E-state index contributed by atoms with van der Waals surface area (Å²) in [6, 6.07) is 102. The molecule has 0 saturated heterocycles. The zero-order valence-electron chi connectivity index (χ0n) is 62.8. The second-order valence-electron chi connectivity index (χ2n) is 26.1. The lowest BCUT2D eigenvalue weighted by Gasteiger charge is -2.36. The molecule has 0 spiro atoms. The molecule has 0 aliphatic carbocycles. The van der Waals surface area contributed by atoms with Gasteiger partial charge in [-0.05, 0) is 207 Å². The quantitative estimate of drug-likeness (QED) is 0.0297. The predicted octanol–water partition coefficient (Wildman–Crippen LogP) is 17.1. The summed E-state index contributed by atoms with van der Waals surface area (Å²) in [5.74, 6) is 2.08. The van der Waals surface area contributed by atoms with Crippen LogP contribution in [0.4, 0.5) is 0 Å². The van der Waals surface area contributed by atoms with Crippen LogP contribution >= 0.6 is 0 Å². The normalized spacial score (nSPS) is 11.1. The maximum Gasteiger partial charge on any atom is 0.306 e. The molecule has 0 fully saturated rings. The van der Waals surface area contributed by atoms with Crippen molar-refractivity contribution in [3.8, 4) is 51.0 Å². The highest BCUT2D eigenvalue weighted by atomic mass is 16.5. The number of hydrogen-bond donors (Lipinski definition) is 2. The van der Waals surface area contributed by atoms with Crippen molar-refractivity contribution in [2.75, 3.05) is 48.1 Å². The van der Waals surface area contributed by atoms with Crippen LogP contribution in [-0.4, -0.2) is 65.1 Å². The molecule has 0 amide bonds. The molecular formula is C95H97NO12. The number of carboxylic acids is 1. The first kappa shape index (κ1) is 79.0. The molecule has 12 aromatic rings. The van der Waals surface area contributed by atoms with Crippen LogP contribution in [-0.2, 0) is 80.9 Å². The van der Waals surface area contributed by atoms with E-state index in [-0.39, 0.29) is 26.1 Å². The average molecular weight is 1440 g/mol. The second-order valence-corrected chi connectivity index (χ2v) is 26.1. The van der Waals surface area contributed by atoms with E-state index >= 15 is 0 Å². The Balaban J connectivity index is 0.000000213. The van der Waals surface area contributed by atoms with Crippen LogP contribution in [0.5, 0.6) is 28.7 Å². The number of carbonyl (C=O) groups excluding carboxylic acids is 2. The number of ether oxygens (including phenoxy) is 8. The molecule has 0 aliphatic rings. The number of aliphatic carboxylic acids is 1. The van der Waals surface area contributed by atoms with E-state index in [1.165, 1.54) is 25.2 Å². The summed E-state index contributed by atoms with van der Waals surface area (Å²) in [5.41, 5.74) is 15.7. The van der Waals surface area contributed by atoms with E-state index in [1.807, 2.05) is 140 Å². The van der Waals surface area contributed by atoms with Crippen LogP contribution in [0.2, 0.25) is 0 Å². The summed E-state index contributed by atoms with van der Waals surface area (Å²) in [5, 5.41) is 20.0. The third-order valence-electron chi connectivity index (χ3n) is 19.3. The van der Waals surface area contributed by atoms with Gasteiger partial charge in [-0.15, -0.1) is 0 Å². The van der Waals surface area contributed by atoms with E-state index in [0.717, 1.165) is 131 Å². The highest BCUT2D eigenvalue weighted by Gasteiger charge is 2.39. The van der Waals surface area contributed by atoms with Crippen molar-refractivity contribution in [2.45, 2.75) is 90.7 Å². The first-order valence-electron chi connectivity index (χ1n) is 36.7. The van der Waals surface area contributed by atoms with Crippen LogP contribution in [0.15, 0.2) is 303 Å². The minimum Gasteiger partial charge on any atom is -0.550 e. The number of aryl methyl sites for hydroxylation is 2. The molecule has 0 saturated carbocycles. The zero-order valence-corrected chi connectivity index (χ0v) is 62.8. The van der Waals surface area contributed by atoms with Crippen LogP contribution < -0.4 is 33.7 Å². The van der Waals surface area contributed by atoms with Gasteiger partial charge >= 0.3 is 5.97 Å². The van der Waals surface area contributed by atoms with E-state index in [9.17, 15) is 19.8 Å². The minimum absolute atomic E-state index is 0.0167. The molecule has 0 aromatic heterocycles. The Morgan fingerprint density at radius 1 is 0.333 bits per heavy atom. The van der Waals surface area contributed by atoms with Crippen molar-refractivity contribution in [3.63, 3.8) is 0 Å². The van der Waals surface area contributed by atoms with Crippen LogP contribution in [0.1, 0.15) is 106 Å². The fourth-order valence-corrected chi connectivity index (χ4v) is 13.2. The lowest BCUT2D eigenvalue weighted by Crippen LogP contribution is -3.11. The molecule has 108 heavy (non-hydrogen) atoms. The van der Waals surface area contributed by atoms with Crippen molar-refractivity contribution in [1.29, 1.82) is 0 Å². The molecule has 13 nitrogen and oxygen atoms in total. The molecule has 12 rings (SSSR count). The third-order valence-corrected chi connectivity index (χ3v) is 19.3. The van der Waals surface area contributed by atoms with E-state index < -0.39 is 23.1 Å². The number of carboxylic acid groups (broad SMARTS) is 1. The Hall–Kier alpha value is -11.6. The van der Waals surface area contributed by atoms with Gasteiger partial charge in [0.05, 0.1) is 74.3 Å². The molecule has 0 bridgehead atoms. The van der Waals surface area contributed by atoms with Gasteiger partial charge in [0.1, 0.15) is 53.2 Å². The number of methoxy groups -OCH3 is 4. The van der Waals surface area contributed by atoms with Crippen molar-refractivity contribution < 1.29 is 62.6 Å². The second kappa shape index (κ2) is 40.2. The van der Waals surface area contributed by atoms with Gasteiger partial charge in [0.2, 0.25) is 0 Å². The smallest absolute Gasteiger partial charge is 0.306 e. The van der Waals surface area contributed by atoms with E-state index in [2.05, 4.69) is 185 Å². The molecule has 12 aromatic carbocycles. The number of aliphatic hydroxyl groups is 1. The summed E-state index contributed by atoms with van der Waals surface area (Å²) in [7, 11) is 6.68. The van der Waals surface area contributed by atoms with E-state index in [1.54, 1.807) is 33.3 Å². The van der Waals surface area contributed by atoms with Gasteiger partial charge in [-0.1, -0.05) is 231 Å². The standard InChI is InChI=1S/C47H44O7.C42H38O5.C6H15N/c1-51-43-24-20-41(21-25-43)47(40-12-4-3-5-13-40,42-22-26-44(52-2)27-23-42)54-33-37-10-7-11-39(31-37)38-18-16-34(17-19-38)14-15-35-8-6-9-36(30-35)32-53-46(50)29-28-45(48)49;1-44-39-22-16-37(17-23-39)42(36-12-4-3-5-13-36,38-18-24-40(45-2)25-19-38)47-30-33-10-7-11-35(27-33)34-14-20-41(21-15-34)46-29-32-9-6-8-31(26-32)28-43;1-4-7(5-2)6-3/h3-13,16-27,30-31H,14-15,28-29,32-33H2,1-2H3,(H,48,49);3-27,43H,28-30H2,1-2H3;4-6H2,1-3H3. The fourth-order valence-electron chi connectivity index (χ4n) is 13.2. The molecular weight excluding hydrogens is 1350 g/mol. The Morgan fingerprint density at radius 2 is 0.676 bits per heavy atom. The highest BCUT2D eigenvalue weighted by Crippen LogP contribution is 2.45. The van der Waals surface area contributed by atoms with Crippen LogP contribution in [0, 0.1) is 0 Å². The number of aliphatic hydroxyl groups excluding tert-OH is 1. The van der Waals surface area contributed by atoms with Crippen LogP contribution in [0.25, 0.3) is 22.3 Å². The molecule has 554 valence electrons. The van der Waals surface area contributed by atoms with Gasteiger partial charge in [-0.3, -0.25) is 4.79 Å². The van der Waals surface area contributed by atoms with E-state index in [0.29, 0.717) is 19.8 Å². The average Bonchev–Trinajstić information content (AvgIpc) is 0.758. The molecule has 2 N–H and O–H groups in total. The molecule has 13 heteroatoms. The molecule has 0 radical (unpaired) electrons. The fraction of sp³-hybridized carbons (Fsp3) is 0.221. The lowest BCUT2D eigenvalue weighted by atomic mass is 9.80. The largest absolute Gasteiger partial charge is 0.550 e. The van der Waals surface area contributed by atoms with Crippen molar-refractivity contribution in [1.82, 2.24) is 0 Å². The van der Waals surface area contributed by atoms with Gasteiger partial charge in [-0.25, -0.2) is 0 Å². The Labute approximate surface area is 636 Å². The summed E-state index contributed by atoms with van der Waals surface area (Å²) in [4.78, 5) is 24.1. The number of benzene rings is 12. The van der Waals surface area contributed by atoms with E-state index in [4.69, 9.17) is 37.9 Å². The number of hydrogen-bond acceptors (Lipinski definition) is 12. The number of nitrogens with one attached hydrogen (secondary N) is 1. The maximum atomic E-state index is 11.8. The first-order chi connectivity index (χ1) is 52.8. The van der Waals surface area contributed by atoms with Gasteiger partial charge in [0.25, 0.3) is 0 Å². The Kier molecular flexibility index (Phi) is 29.4. The predicted molar refractivity (Wildman–Crippen MR) is 425 cm³/mol. The molecule has 0 aliphatic heterocycles. The number of rotatable bonds is 33. The highest BCUT2D eigenvalue weighted by molar-refractivity contribution is 5.75. The summed E-state index contributed by atoms with van der Waals surface area (Å²) in [6.45, 7) is 11.8. The lowest BCUT2D eigenvalue weighted by molar-refractivity contribution is -0.894. The van der Waals surface area contributed by atoms with Crippen LogP contribution in [0.3, 0.4) is 0 Å². The van der Waals surface area contributed by atoms with Crippen molar-refractivity contribution >= 4 is 11.9 Å². The summed E-state index contributed by atoms with van der Waals surface area (Å²) >= 11 is 0. The summed E-state index contributed by atoms with van der Waals surface area (Å²) < 4.78 is 47.4. The summed E-state index contributed by atoms with van der Waals surface area (Å²) in [6.07, 6.45) is 1.13. The Bertz CT molecular complexity index is 4600. The van der Waals surface area contributed by atoms with Crippen molar-refractivity contribution in [2.24, 2.45) is 0 Å².